The zero-order valence-electron chi connectivity index (χ0n) is 25.2. The van der Waals surface area contributed by atoms with Crippen molar-refractivity contribution in [3.05, 3.63) is 158 Å². The third-order valence-electron chi connectivity index (χ3n) is 9.67. The lowest BCUT2D eigenvalue weighted by Crippen LogP contribution is -2.26. The molecule has 0 fully saturated rings. The monoisotopic (exact) mass is 619 g/mol. The van der Waals surface area contributed by atoms with E-state index in [2.05, 4.69) is 114 Å². The van der Waals surface area contributed by atoms with E-state index in [0.29, 0.717) is 0 Å². The molecule has 0 saturated carbocycles. The Hall–Kier alpha value is -5.83. The van der Waals surface area contributed by atoms with E-state index >= 15 is 4.57 Å². The summed E-state index contributed by atoms with van der Waals surface area (Å²) in [5.41, 5.74) is 3.77. The van der Waals surface area contributed by atoms with Gasteiger partial charge in [-0.15, -0.1) is 0 Å². The Kier molecular flexibility index (Phi) is 5.52. The summed E-state index contributed by atoms with van der Waals surface area (Å²) in [6.45, 7) is 0. The maximum Gasteiger partial charge on any atom is 0.173 e. The highest BCUT2D eigenvalue weighted by atomic mass is 31.2. The number of fused-ring (bicyclic) bond motifs is 12. The second kappa shape index (κ2) is 9.83. The van der Waals surface area contributed by atoms with Gasteiger partial charge in [0.25, 0.3) is 0 Å². The summed E-state index contributed by atoms with van der Waals surface area (Å²) in [4.78, 5) is 9.90. The van der Waals surface area contributed by atoms with Gasteiger partial charge in [-0.05, 0) is 62.6 Å². The minimum absolute atomic E-state index is 0.719. The Morgan fingerprint density at radius 1 is 0.489 bits per heavy atom. The number of nitrogens with zero attached hydrogens (tertiary/aromatic N) is 3. The van der Waals surface area contributed by atoms with Gasteiger partial charge < -0.3 is 4.57 Å². The van der Waals surface area contributed by atoms with E-state index in [1.54, 1.807) is 0 Å². The zero-order valence-corrected chi connectivity index (χ0v) is 26.1. The highest BCUT2D eigenvalue weighted by Gasteiger charge is 2.34. The van der Waals surface area contributed by atoms with Crippen LogP contribution in [0.5, 0.6) is 0 Å². The first-order valence-corrected chi connectivity index (χ1v) is 17.5. The van der Waals surface area contributed by atoms with Crippen LogP contribution in [0.25, 0.3) is 70.7 Å². The maximum absolute atomic E-state index is 16.5. The van der Waals surface area contributed by atoms with Gasteiger partial charge in [-0.3, -0.25) is 9.38 Å². The largest absolute Gasteiger partial charge is 0.309 e. The first kappa shape index (κ1) is 26.4. The summed E-state index contributed by atoms with van der Waals surface area (Å²) in [5, 5.41) is 11.8. The third kappa shape index (κ3) is 3.74. The number of hydrogen-bond acceptors (Lipinski definition) is 3. The highest BCUT2D eigenvalue weighted by molar-refractivity contribution is 7.85. The van der Waals surface area contributed by atoms with Crippen molar-refractivity contribution < 1.29 is 4.57 Å². The summed E-state index contributed by atoms with van der Waals surface area (Å²) in [6.07, 6.45) is 3.71. The smallest absolute Gasteiger partial charge is 0.173 e. The lowest BCUT2D eigenvalue weighted by atomic mass is 10.0. The van der Waals surface area contributed by atoms with Crippen LogP contribution in [0.15, 0.2) is 158 Å². The molecule has 7 aromatic carbocycles. The number of pyridine rings is 2. The highest BCUT2D eigenvalue weighted by Crippen LogP contribution is 2.47. The molecule has 5 heteroatoms. The zero-order chi connectivity index (χ0) is 31.1. The predicted molar refractivity (Wildman–Crippen MR) is 197 cm³/mol. The predicted octanol–water partition coefficient (Wildman–Crippen LogP) is 9.29. The molecule has 0 spiro atoms. The number of benzene rings is 7. The van der Waals surface area contributed by atoms with Crippen molar-refractivity contribution in [3.63, 3.8) is 0 Å². The number of hydrogen-bond donors (Lipinski definition) is 0. The van der Waals surface area contributed by atoms with Crippen LogP contribution in [0.3, 0.4) is 0 Å². The number of para-hydroxylation sites is 3. The van der Waals surface area contributed by atoms with E-state index in [4.69, 9.17) is 9.97 Å². The first-order valence-electron chi connectivity index (χ1n) is 15.8. The molecule has 3 heterocycles. The molecule has 1 atom stereocenters. The van der Waals surface area contributed by atoms with Crippen molar-refractivity contribution >= 4 is 93.7 Å². The first-order chi connectivity index (χ1) is 23.2. The number of rotatable bonds is 3. The molecule has 0 aliphatic heterocycles. The number of aromatic nitrogens is 3. The molecule has 220 valence electrons. The second-order valence-electron chi connectivity index (χ2n) is 12.2. The summed E-state index contributed by atoms with van der Waals surface area (Å²) in [5.74, 6) is 0. The van der Waals surface area contributed by atoms with Crippen LogP contribution >= 0.6 is 7.14 Å². The Balaban J connectivity index is 1.36. The molecular weight excluding hydrogens is 593 g/mol. The molecule has 0 saturated heterocycles. The van der Waals surface area contributed by atoms with E-state index < -0.39 is 7.14 Å². The van der Waals surface area contributed by atoms with Crippen LogP contribution in [-0.4, -0.2) is 14.4 Å². The van der Waals surface area contributed by atoms with Gasteiger partial charge in [0.2, 0.25) is 0 Å². The van der Waals surface area contributed by atoms with E-state index in [-0.39, 0.29) is 0 Å². The summed E-state index contributed by atoms with van der Waals surface area (Å²) >= 11 is 0. The molecule has 0 N–H and O–H groups in total. The van der Waals surface area contributed by atoms with Gasteiger partial charge >= 0.3 is 0 Å². The second-order valence-corrected chi connectivity index (χ2v) is 14.9. The number of imidazole rings is 1. The Morgan fingerprint density at radius 2 is 1.11 bits per heavy atom. The van der Waals surface area contributed by atoms with E-state index in [0.717, 1.165) is 75.8 Å². The standard InChI is InChI=1S/C42H26N3OP/c46-47(31-20-19-27-9-1-2-11-29(27)23-31,32-21-22-34-30(24-32)18-17-28-10-3-4-12-33(28)34)40-26-43-25-36-41(40)35-13-5-7-15-38(35)45-39-16-8-6-14-37(39)44-42(36)45/h1-26H. The van der Waals surface area contributed by atoms with Gasteiger partial charge in [0.1, 0.15) is 5.65 Å². The Labute approximate surface area is 269 Å². The van der Waals surface area contributed by atoms with Crippen molar-refractivity contribution in [2.24, 2.45) is 0 Å². The molecule has 0 aliphatic rings. The van der Waals surface area contributed by atoms with Crippen LogP contribution in [0.2, 0.25) is 0 Å². The maximum atomic E-state index is 16.5. The molecule has 10 rings (SSSR count). The lowest BCUT2D eigenvalue weighted by Gasteiger charge is -2.23. The molecule has 1 unspecified atom stereocenters. The summed E-state index contributed by atoms with van der Waals surface area (Å²) in [7, 11) is -3.51. The SMILES string of the molecule is O=P(c1ccc2ccccc2c1)(c1ccc2c(ccc3ccccc32)c1)c1cncc2c1c1ccccc1n1c3ccccc3nc21. The molecule has 0 radical (unpaired) electrons. The van der Waals surface area contributed by atoms with Gasteiger partial charge in [0.15, 0.2) is 7.14 Å². The topological polar surface area (TPSA) is 47.3 Å². The van der Waals surface area contributed by atoms with Crippen LogP contribution in [0.4, 0.5) is 0 Å². The molecular formula is C42H26N3OP. The van der Waals surface area contributed by atoms with Gasteiger partial charge in [-0.25, -0.2) is 4.98 Å². The van der Waals surface area contributed by atoms with E-state index in [9.17, 15) is 0 Å². The van der Waals surface area contributed by atoms with Crippen molar-refractivity contribution in [2.75, 3.05) is 0 Å². The molecule has 0 bridgehead atoms. The molecule has 10 aromatic rings. The van der Waals surface area contributed by atoms with Gasteiger partial charge in [0.05, 0.1) is 16.6 Å². The minimum atomic E-state index is -3.51. The third-order valence-corrected chi connectivity index (χ3v) is 12.7. The Bertz CT molecular complexity index is 2960. The molecule has 0 aliphatic carbocycles. The van der Waals surface area contributed by atoms with Gasteiger partial charge in [-0.1, -0.05) is 115 Å². The summed E-state index contributed by atoms with van der Waals surface area (Å²) < 4.78 is 18.7. The van der Waals surface area contributed by atoms with Gasteiger partial charge in [0, 0.05) is 44.5 Å². The van der Waals surface area contributed by atoms with Crippen LogP contribution < -0.4 is 15.9 Å². The normalized spacial score (nSPS) is 13.4. The van der Waals surface area contributed by atoms with Crippen LogP contribution in [0, 0.1) is 0 Å². The molecule has 4 nitrogen and oxygen atoms in total. The fourth-order valence-corrected chi connectivity index (χ4v) is 10.3. The van der Waals surface area contributed by atoms with Crippen molar-refractivity contribution in [1.82, 2.24) is 14.4 Å². The minimum Gasteiger partial charge on any atom is -0.309 e. The van der Waals surface area contributed by atoms with Crippen molar-refractivity contribution in [2.45, 2.75) is 0 Å². The molecule has 3 aromatic heterocycles. The van der Waals surface area contributed by atoms with Crippen molar-refractivity contribution in [3.8, 4) is 0 Å². The summed E-state index contributed by atoms with van der Waals surface area (Å²) in [6, 6.07) is 50.1. The van der Waals surface area contributed by atoms with Crippen LogP contribution in [0.1, 0.15) is 0 Å². The van der Waals surface area contributed by atoms with E-state index in [1.165, 1.54) is 10.8 Å². The fourth-order valence-electron chi connectivity index (χ4n) is 7.47. The fraction of sp³-hybridized carbons (Fsp3) is 0. The van der Waals surface area contributed by atoms with Crippen molar-refractivity contribution in [1.29, 1.82) is 0 Å². The van der Waals surface area contributed by atoms with Crippen LogP contribution in [-0.2, 0) is 4.57 Å². The Morgan fingerprint density at radius 3 is 1.98 bits per heavy atom. The lowest BCUT2D eigenvalue weighted by molar-refractivity contribution is 0.592. The molecule has 47 heavy (non-hydrogen) atoms. The van der Waals surface area contributed by atoms with Gasteiger partial charge in [-0.2, -0.15) is 0 Å². The molecule has 0 amide bonds. The quantitative estimate of drug-likeness (QED) is 0.146. The average Bonchev–Trinajstić information content (AvgIpc) is 3.54. The average molecular weight is 620 g/mol. The van der Waals surface area contributed by atoms with E-state index in [1.807, 2.05) is 48.8 Å².